The number of piperidine rings is 1. The van der Waals surface area contributed by atoms with Crippen LogP contribution in [0.25, 0.3) is 0 Å². The minimum Gasteiger partial charge on any atom is -0.352 e. The lowest BCUT2D eigenvalue weighted by molar-refractivity contribution is -0.121. The number of rotatable bonds is 3. The molecule has 2 atom stereocenters. The van der Waals surface area contributed by atoms with Gasteiger partial charge in [0.05, 0.1) is 6.42 Å². The van der Waals surface area contributed by atoms with Gasteiger partial charge < -0.3 is 10.6 Å². The van der Waals surface area contributed by atoms with Crippen LogP contribution in [0, 0.1) is 6.92 Å². The molecular weight excluding hydrogens is 232 g/mol. The van der Waals surface area contributed by atoms with Crippen molar-refractivity contribution >= 4 is 17.2 Å². The zero-order valence-electron chi connectivity index (χ0n) is 10.5. The van der Waals surface area contributed by atoms with Gasteiger partial charge in [0.1, 0.15) is 0 Å². The molecule has 0 spiro atoms. The summed E-state index contributed by atoms with van der Waals surface area (Å²) in [4.78, 5) is 14.3. The fourth-order valence-corrected chi connectivity index (χ4v) is 3.13. The molecule has 1 aliphatic heterocycles. The number of carbonyl (C=O) groups is 1. The second kappa shape index (κ2) is 5.65. The molecule has 17 heavy (non-hydrogen) atoms. The van der Waals surface area contributed by atoms with Crippen LogP contribution in [0.2, 0.25) is 0 Å². The molecule has 2 heterocycles. The number of nitrogens with one attached hydrogen (secondary N) is 2. The molecule has 0 aliphatic carbocycles. The lowest BCUT2D eigenvalue weighted by Crippen LogP contribution is -2.52. The highest BCUT2D eigenvalue weighted by Crippen LogP contribution is 2.16. The summed E-state index contributed by atoms with van der Waals surface area (Å²) in [6, 6.07) is 4.79. The Labute approximate surface area is 107 Å². The third kappa shape index (κ3) is 3.54. The highest BCUT2D eigenvalue weighted by atomic mass is 32.1. The average molecular weight is 252 g/mol. The molecule has 0 bridgehead atoms. The van der Waals surface area contributed by atoms with Crippen LogP contribution in [0.1, 0.15) is 29.5 Å². The molecule has 0 saturated carbocycles. The largest absolute Gasteiger partial charge is 0.352 e. The normalized spacial score (nSPS) is 24.6. The van der Waals surface area contributed by atoms with E-state index in [9.17, 15) is 4.79 Å². The quantitative estimate of drug-likeness (QED) is 0.862. The van der Waals surface area contributed by atoms with Crippen molar-refractivity contribution in [2.45, 2.75) is 45.2 Å². The van der Waals surface area contributed by atoms with Gasteiger partial charge in [0.15, 0.2) is 0 Å². The van der Waals surface area contributed by atoms with Crippen molar-refractivity contribution in [3.05, 3.63) is 21.9 Å². The molecular formula is C13H20N2OS. The number of aryl methyl sites for hydroxylation is 1. The smallest absolute Gasteiger partial charge is 0.225 e. The van der Waals surface area contributed by atoms with Crippen molar-refractivity contribution in [1.29, 1.82) is 0 Å². The molecule has 0 aromatic carbocycles. The van der Waals surface area contributed by atoms with E-state index < -0.39 is 0 Å². The Morgan fingerprint density at radius 1 is 1.59 bits per heavy atom. The van der Waals surface area contributed by atoms with Crippen LogP contribution in [-0.4, -0.2) is 24.5 Å². The van der Waals surface area contributed by atoms with Crippen LogP contribution in [0.4, 0.5) is 0 Å². The number of amides is 1. The van der Waals surface area contributed by atoms with Crippen LogP contribution in [0.5, 0.6) is 0 Å². The first-order chi connectivity index (χ1) is 8.15. The lowest BCUT2D eigenvalue weighted by Gasteiger charge is -2.30. The molecule has 1 aliphatic rings. The maximum atomic E-state index is 11.9. The van der Waals surface area contributed by atoms with E-state index in [0.29, 0.717) is 12.5 Å². The summed E-state index contributed by atoms with van der Waals surface area (Å²) >= 11 is 1.70. The first-order valence-electron chi connectivity index (χ1n) is 6.23. The van der Waals surface area contributed by atoms with E-state index in [4.69, 9.17) is 0 Å². The third-order valence-corrected chi connectivity index (χ3v) is 4.24. The number of carbonyl (C=O) groups excluding carboxylic acids is 1. The Morgan fingerprint density at radius 3 is 3.06 bits per heavy atom. The van der Waals surface area contributed by atoms with E-state index in [0.717, 1.165) is 24.3 Å². The first kappa shape index (κ1) is 12.6. The van der Waals surface area contributed by atoms with Gasteiger partial charge in [-0.15, -0.1) is 11.3 Å². The SMILES string of the molecule is Cc1ccc(CC(=O)NC2CCCNC2C)s1. The monoisotopic (exact) mass is 252 g/mol. The van der Waals surface area contributed by atoms with Gasteiger partial charge in [-0.25, -0.2) is 0 Å². The lowest BCUT2D eigenvalue weighted by atomic mass is 10.00. The van der Waals surface area contributed by atoms with Crippen LogP contribution in [0.3, 0.4) is 0 Å². The summed E-state index contributed by atoms with van der Waals surface area (Å²) in [6.45, 7) is 5.27. The fourth-order valence-electron chi connectivity index (χ4n) is 2.24. The van der Waals surface area contributed by atoms with E-state index in [-0.39, 0.29) is 11.9 Å². The number of thiophene rings is 1. The minimum absolute atomic E-state index is 0.146. The number of hydrogen-bond acceptors (Lipinski definition) is 3. The second-order valence-corrected chi connectivity index (χ2v) is 6.12. The molecule has 1 aromatic heterocycles. The van der Waals surface area contributed by atoms with Crippen molar-refractivity contribution < 1.29 is 4.79 Å². The maximum absolute atomic E-state index is 11.9. The standard InChI is InChI=1S/C13H20N2OS/c1-9-5-6-11(17-9)8-13(16)15-12-4-3-7-14-10(12)2/h5-6,10,12,14H,3-4,7-8H2,1-2H3,(H,15,16). The van der Waals surface area contributed by atoms with Gasteiger partial charge in [0.25, 0.3) is 0 Å². The van der Waals surface area contributed by atoms with E-state index in [1.807, 2.05) is 6.07 Å². The Hall–Kier alpha value is -0.870. The summed E-state index contributed by atoms with van der Waals surface area (Å²) < 4.78 is 0. The molecule has 1 saturated heterocycles. The van der Waals surface area contributed by atoms with Gasteiger partial charge in [0.2, 0.25) is 5.91 Å². The molecule has 1 aromatic rings. The third-order valence-electron chi connectivity index (χ3n) is 3.24. The topological polar surface area (TPSA) is 41.1 Å². The number of hydrogen-bond donors (Lipinski definition) is 2. The van der Waals surface area contributed by atoms with Crippen LogP contribution in [0.15, 0.2) is 12.1 Å². The summed E-state index contributed by atoms with van der Waals surface area (Å²) in [7, 11) is 0. The van der Waals surface area contributed by atoms with Gasteiger partial charge >= 0.3 is 0 Å². The van der Waals surface area contributed by atoms with Gasteiger partial charge in [-0.1, -0.05) is 0 Å². The second-order valence-electron chi connectivity index (χ2n) is 4.75. The minimum atomic E-state index is 0.146. The molecule has 94 valence electrons. The molecule has 1 fully saturated rings. The molecule has 2 N–H and O–H groups in total. The van der Waals surface area contributed by atoms with Crippen LogP contribution >= 0.6 is 11.3 Å². The molecule has 2 rings (SSSR count). The van der Waals surface area contributed by atoms with Crippen molar-refractivity contribution in [3.63, 3.8) is 0 Å². The molecule has 0 radical (unpaired) electrons. The highest BCUT2D eigenvalue weighted by Gasteiger charge is 2.22. The van der Waals surface area contributed by atoms with Crippen molar-refractivity contribution in [2.24, 2.45) is 0 Å². The first-order valence-corrected chi connectivity index (χ1v) is 7.05. The van der Waals surface area contributed by atoms with E-state index in [1.54, 1.807) is 11.3 Å². The van der Waals surface area contributed by atoms with Gasteiger partial charge in [-0.2, -0.15) is 0 Å². The van der Waals surface area contributed by atoms with Crippen molar-refractivity contribution in [3.8, 4) is 0 Å². The highest BCUT2D eigenvalue weighted by molar-refractivity contribution is 7.12. The van der Waals surface area contributed by atoms with E-state index in [1.165, 1.54) is 4.88 Å². The average Bonchev–Trinajstić information content (AvgIpc) is 2.67. The summed E-state index contributed by atoms with van der Waals surface area (Å²) in [5.74, 6) is 0.146. The summed E-state index contributed by atoms with van der Waals surface area (Å²) in [5, 5.41) is 6.52. The van der Waals surface area contributed by atoms with Gasteiger partial charge in [-0.3, -0.25) is 4.79 Å². The Morgan fingerprint density at radius 2 is 2.41 bits per heavy atom. The maximum Gasteiger partial charge on any atom is 0.225 e. The zero-order valence-corrected chi connectivity index (χ0v) is 11.3. The molecule has 2 unspecified atom stereocenters. The molecule has 1 amide bonds. The predicted octanol–water partition coefficient (Wildman–Crippen LogP) is 1.86. The van der Waals surface area contributed by atoms with E-state index >= 15 is 0 Å². The Balaban J connectivity index is 1.84. The Bertz CT molecular complexity index is 389. The summed E-state index contributed by atoms with van der Waals surface area (Å²) in [6.07, 6.45) is 2.75. The van der Waals surface area contributed by atoms with E-state index in [2.05, 4.69) is 30.5 Å². The Kier molecular flexibility index (Phi) is 4.18. The van der Waals surface area contributed by atoms with Crippen molar-refractivity contribution in [1.82, 2.24) is 10.6 Å². The van der Waals surface area contributed by atoms with Gasteiger partial charge in [0, 0.05) is 21.8 Å². The molecule has 3 nitrogen and oxygen atoms in total. The molecule has 4 heteroatoms. The predicted molar refractivity (Wildman–Crippen MR) is 71.4 cm³/mol. The van der Waals surface area contributed by atoms with Crippen LogP contribution in [-0.2, 0) is 11.2 Å². The summed E-state index contributed by atoms with van der Waals surface area (Å²) in [5.41, 5.74) is 0. The van der Waals surface area contributed by atoms with Gasteiger partial charge in [-0.05, 0) is 45.4 Å². The fraction of sp³-hybridized carbons (Fsp3) is 0.615. The van der Waals surface area contributed by atoms with Crippen LogP contribution < -0.4 is 10.6 Å². The zero-order chi connectivity index (χ0) is 12.3. The van der Waals surface area contributed by atoms with Crippen molar-refractivity contribution in [2.75, 3.05) is 6.54 Å².